The van der Waals surface area contributed by atoms with Gasteiger partial charge in [-0.15, -0.1) is 11.3 Å². The number of hydrogen-bond donors (Lipinski definition) is 0. The summed E-state index contributed by atoms with van der Waals surface area (Å²) in [5.74, 6) is 0.347. The van der Waals surface area contributed by atoms with Crippen LogP contribution in [0.1, 0.15) is 24.6 Å². The van der Waals surface area contributed by atoms with Gasteiger partial charge >= 0.3 is 0 Å². The summed E-state index contributed by atoms with van der Waals surface area (Å²) in [6.07, 6.45) is 0.993. The van der Waals surface area contributed by atoms with E-state index in [1.807, 2.05) is 26.0 Å². The molecule has 0 aromatic carbocycles. The fourth-order valence-electron chi connectivity index (χ4n) is 1.06. The SMILES string of the molecule is CC(C)C(C=O)c1ccc(Cl)s1. The minimum Gasteiger partial charge on any atom is -0.303 e. The predicted molar refractivity (Wildman–Crippen MR) is 53.0 cm³/mol. The minimum absolute atomic E-state index is 0.00231. The van der Waals surface area contributed by atoms with Crippen molar-refractivity contribution in [3.05, 3.63) is 21.3 Å². The van der Waals surface area contributed by atoms with Gasteiger partial charge in [0.25, 0.3) is 0 Å². The lowest BCUT2D eigenvalue weighted by Gasteiger charge is -2.10. The van der Waals surface area contributed by atoms with Gasteiger partial charge in [-0.2, -0.15) is 0 Å². The van der Waals surface area contributed by atoms with Gasteiger partial charge in [-0.1, -0.05) is 25.4 Å². The Bertz CT molecular complexity index is 267. The van der Waals surface area contributed by atoms with Crippen LogP contribution < -0.4 is 0 Å². The molecule has 0 aliphatic rings. The molecule has 0 aliphatic heterocycles. The van der Waals surface area contributed by atoms with E-state index in [0.717, 1.165) is 15.5 Å². The summed E-state index contributed by atoms with van der Waals surface area (Å²) in [6.45, 7) is 4.07. The summed E-state index contributed by atoms with van der Waals surface area (Å²) in [5.41, 5.74) is 0. The van der Waals surface area contributed by atoms with Crippen LogP contribution in [0.3, 0.4) is 0 Å². The number of hydrogen-bond acceptors (Lipinski definition) is 2. The molecule has 0 radical (unpaired) electrons. The highest BCUT2D eigenvalue weighted by molar-refractivity contribution is 7.16. The maximum Gasteiger partial charge on any atom is 0.128 e. The fourth-order valence-corrected chi connectivity index (χ4v) is 2.35. The van der Waals surface area contributed by atoms with Crippen LogP contribution >= 0.6 is 22.9 Å². The summed E-state index contributed by atoms with van der Waals surface area (Å²) in [7, 11) is 0. The molecule has 1 aromatic rings. The topological polar surface area (TPSA) is 17.1 Å². The molecule has 1 aromatic heterocycles. The number of thiophene rings is 1. The second-order valence-corrected chi connectivity index (χ2v) is 4.79. The van der Waals surface area contributed by atoms with Gasteiger partial charge in [-0.05, 0) is 18.1 Å². The number of rotatable bonds is 3. The molecule has 0 N–H and O–H groups in total. The number of carbonyl (C=O) groups is 1. The van der Waals surface area contributed by atoms with Gasteiger partial charge in [0.1, 0.15) is 6.29 Å². The standard InChI is InChI=1S/C9H11ClOS/c1-6(2)7(5-11)8-3-4-9(10)12-8/h3-7H,1-2H3. The molecule has 1 unspecified atom stereocenters. The van der Waals surface area contributed by atoms with E-state index in [2.05, 4.69) is 0 Å². The van der Waals surface area contributed by atoms with Crippen molar-refractivity contribution in [1.29, 1.82) is 0 Å². The van der Waals surface area contributed by atoms with E-state index >= 15 is 0 Å². The summed E-state index contributed by atoms with van der Waals surface area (Å²) >= 11 is 7.25. The zero-order valence-corrected chi connectivity index (χ0v) is 8.65. The van der Waals surface area contributed by atoms with E-state index in [-0.39, 0.29) is 5.92 Å². The number of aldehydes is 1. The lowest BCUT2D eigenvalue weighted by atomic mass is 9.96. The molecule has 0 spiro atoms. The van der Waals surface area contributed by atoms with E-state index in [0.29, 0.717) is 5.92 Å². The Morgan fingerprint density at radius 2 is 2.17 bits per heavy atom. The first kappa shape index (κ1) is 9.75. The van der Waals surface area contributed by atoms with Crippen molar-refractivity contribution in [1.82, 2.24) is 0 Å². The highest BCUT2D eigenvalue weighted by Gasteiger charge is 2.16. The molecule has 3 heteroatoms. The van der Waals surface area contributed by atoms with Gasteiger partial charge in [0.2, 0.25) is 0 Å². The Kier molecular flexibility index (Phi) is 3.29. The van der Waals surface area contributed by atoms with Crippen molar-refractivity contribution in [2.75, 3.05) is 0 Å². The molecule has 0 bridgehead atoms. The normalized spacial score (nSPS) is 13.3. The summed E-state index contributed by atoms with van der Waals surface area (Å²) in [6, 6.07) is 3.76. The molecule has 0 saturated carbocycles. The molecular formula is C9H11ClOS. The Morgan fingerprint density at radius 3 is 2.50 bits per heavy atom. The van der Waals surface area contributed by atoms with Crippen LogP contribution in [0.5, 0.6) is 0 Å². The van der Waals surface area contributed by atoms with Gasteiger partial charge in [0.05, 0.1) is 10.3 Å². The number of carbonyl (C=O) groups excluding carboxylic acids is 1. The van der Waals surface area contributed by atoms with Gasteiger partial charge in [-0.25, -0.2) is 0 Å². The van der Waals surface area contributed by atoms with Crippen molar-refractivity contribution in [3.63, 3.8) is 0 Å². The Labute approximate surface area is 81.4 Å². The van der Waals surface area contributed by atoms with Gasteiger partial charge in [0.15, 0.2) is 0 Å². The highest BCUT2D eigenvalue weighted by Crippen LogP contribution is 2.31. The molecule has 1 atom stereocenters. The third-order valence-electron chi connectivity index (χ3n) is 1.79. The van der Waals surface area contributed by atoms with E-state index in [1.165, 1.54) is 11.3 Å². The third kappa shape index (κ3) is 2.08. The summed E-state index contributed by atoms with van der Waals surface area (Å²) in [4.78, 5) is 11.8. The summed E-state index contributed by atoms with van der Waals surface area (Å²) in [5, 5.41) is 0. The molecule has 1 heterocycles. The Morgan fingerprint density at radius 1 is 1.50 bits per heavy atom. The molecule has 0 aliphatic carbocycles. The van der Waals surface area contributed by atoms with E-state index < -0.39 is 0 Å². The van der Waals surface area contributed by atoms with Gasteiger partial charge in [0, 0.05) is 4.88 Å². The van der Waals surface area contributed by atoms with E-state index in [4.69, 9.17) is 11.6 Å². The zero-order valence-electron chi connectivity index (χ0n) is 7.08. The number of halogens is 1. The van der Waals surface area contributed by atoms with Crippen LogP contribution in [0.4, 0.5) is 0 Å². The molecule has 1 rings (SSSR count). The largest absolute Gasteiger partial charge is 0.303 e. The van der Waals surface area contributed by atoms with E-state index in [1.54, 1.807) is 0 Å². The first-order valence-electron chi connectivity index (χ1n) is 3.85. The molecular weight excluding hydrogens is 192 g/mol. The zero-order chi connectivity index (χ0) is 9.14. The molecule has 0 fully saturated rings. The fraction of sp³-hybridized carbons (Fsp3) is 0.444. The van der Waals surface area contributed by atoms with Crippen LogP contribution in [0, 0.1) is 5.92 Å². The first-order chi connectivity index (χ1) is 5.65. The van der Waals surface area contributed by atoms with Crippen molar-refractivity contribution in [3.8, 4) is 0 Å². The Hall–Kier alpha value is -0.340. The van der Waals surface area contributed by atoms with Crippen LogP contribution in [0.15, 0.2) is 12.1 Å². The van der Waals surface area contributed by atoms with Gasteiger partial charge < -0.3 is 4.79 Å². The average Bonchev–Trinajstić information content (AvgIpc) is 2.37. The van der Waals surface area contributed by atoms with Crippen molar-refractivity contribution < 1.29 is 4.79 Å². The predicted octanol–water partition coefficient (Wildman–Crippen LogP) is 3.34. The second-order valence-electron chi connectivity index (χ2n) is 3.05. The van der Waals surface area contributed by atoms with Crippen molar-refractivity contribution in [2.45, 2.75) is 19.8 Å². The quantitative estimate of drug-likeness (QED) is 0.688. The maximum atomic E-state index is 10.7. The van der Waals surface area contributed by atoms with E-state index in [9.17, 15) is 4.79 Å². The van der Waals surface area contributed by atoms with Crippen molar-refractivity contribution >= 4 is 29.2 Å². The lowest BCUT2D eigenvalue weighted by molar-refractivity contribution is -0.109. The molecule has 0 amide bonds. The lowest BCUT2D eigenvalue weighted by Crippen LogP contribution is -2.05. The third-order valence-corrected chi connectivity index (χ3v) is 3.12. The molecule has 1 nitrogen and oxygen atoms in total. The summed E-state index contributed by atoms with van der Waals surface area (Å²) < 4.78 is 0.748. The highest BCUT2D eigenvalue weighted by atomic mass is 35.5. The van der Waals surface area contributed by atoms with Crippen molar-refractivity contribution in [2.24, 2.45) is 5.92 Å². The second kappa shape index (κ2) is 4.06. The van der Waals surface area contributed by atoms with Crippen LogP contribution in [0.2, 0.25) is 4.34 Å². The molecule has 12 heavy (non-hydrogen) atoms. The molecule has 66 valence electrons. The average molecular weight is 203 g/mol. The minimum atomic E-state index is 0.00231. The monoisotopic (exact) mass is 202 g/mol. The Balaban J connectivity index is 2.87. The maximum absolute atomic E-state index is 10.7. The van der Waals surface area contributed by atoms with Crippen LogP contribution in [0.25, 0.3) is 0 Å². The van der Waals surface area contributed by atoms with Crippen LogP contribution in [-0.2, 0) is 4.79 Å². The first-order valence-corrected chi connectivity index (χ1v) is 5.05. The van der Waals surface area contributed by atoms with Gasteiger partial charge in [-0.3, -0.25) is 0 Å². The van der Waals surface area contributed by atoms with Crippen LogP contribution in [-0.4, -0.2) is 6.29 Å². The smallest absolute Gasteiger partial charge is 0.128 e. The molecule has 0 saturated heterocycles.